The Morgan fingerprint density at radius 1 is 0.690 bits per heavy atom. The second-order valence-corrected chi connectivity index (χ2v) is 15.8. The minimum absolute atomic E-state index is 0.189. The van der Waals surface area contributed by atoms with Gasteiger partial charge in [0.15, 0.2) is 0 Å². The Kier molecular flexibility index (Phi) is 10.8. The van der Waals surface area contributed by atoms with Crippen LogP contribution in [0.2, 0.25) is 0 Å². The van der Waals surface area contributed by atoms with Crippen LogP contribution in [0, 0.1) is 0 Å². The van der Waals surface area contributed by atoms with E-state index in [1.807, 2.05) is 48.8 Å². The van der Waals surface area contributed by atoms with Crippen molar-refractivity contribution < 1.29 is 14.2 Å². The molecule has 0 amide bonds. The van der Waals surface area contributed by atoms with Gasteiger partial charge in [0.2, 0.25) is 11.7 Å². The molecule has 11 heteroatoms. The zero-order valence-corrected chi connectivity index (χ0v) is 33.6. The summed E-state index contributed by atoms with van der Waals surface area (Å²) < 4.78 is 16.3. The van der Waals surface area contributed by atoms with Gasteiger partial charge in [-0.2, -0.15) is 0 Å². The molecule has 4 aromatic carbocycles. The molecule has 0 saturated carbocycles. The monoisotopic (exact) mass is 776 g/mol. The number of nitrogens with one attached hydrogen (secondary N) is 3. The summed E-state index contributed by atoms with van der Waals surface area (Å²) in [6.07, 6.45) is 9.10. The summed E-state index contributed by atoms with van der Waals surface area (Å²) in [5.74, 6) is 1.66. The topological polar surface area (TPSA) is 108 Å². The zero-order chi connectivity index (χ0) is 39.5. The first-order valence-corrected chi connectivity index (χ1v) is 20.4. The molecule has 5 aliphatic rings. The van der Waals surface area contributed by atoms with E-state index in [0.29, 0.717) is 12.0 Å². The summed E-state index contributed by atoms with van der Waals surface area (Å²) in [4.78, 5) is 19.9. The molecule has 3 N–H and O–H groups in total. The van der Waals surface area contributed by atoms with Gasteiger partial charge in [0, 0.05) is 66.8 Å². The lowest BCUT2D eigenvalue weighted by Crippen LogP contribution is -2.63. The number of dihydropyridines is 1. The van der Waals surface area contributed by atoms with E-state index in [-0.39, 0.29) is 6.04 Å². The van der Waals surface area contributed by atoms with Crippen LogP contribution < -0.4 is 25.4 Å². The SMILES string of the molecule is COC[C@@H]1CCCN1Cc1ccc(N[C@]23CC(=C(c4ccc(OC)cc4)C(C4CCCN4Cc4ccc(Nc5ncc(-c6ccc(OC)cc6)cn5)cc4)=N2)N3)cc1. The molecule has 0 spiro atoms. The highest BCUT2D eigenvalue weighted by molar-refractivity contribution is 6.28. The van der Waals surface area contributed by atoms with Gasteiger partial charge in [-0.3, -0.25) is 9.80 Å². The average Bonchev–Trinajstić information content (AvgIpc) is 3.91. The highest BCUT2D eigenvalue weighted by Gasteiger charge is 2.49. The summed E-state index contributed by atoms with van der Waals surface area (Å²) >= 11 is 0. The van der Waals surface area contributed by atoms with Crippen LogP contribution in [0.15, 0.2) is 120 Å². The third-order valence-corrected chi connectivity index (χ3v) is 11.9. The first-order valence-electron chi connectivity index (χ1n) is 20.4. The van der Waals surface area contributed by atoms with Gasteiger partial charge in [0.1, 0.15) is 11.5 Å². The molecule has 298 valence electrons. The number of hydrogen-bond donors (Lipinski definition) is 3. The number of benzene rings is 4. The van der Waals surface area contributed by atoms with E-state index < -0.39 is 5.79 Å². The Hall–Kier alpha value is -5.75. The van der Waals surface area contributed by atoms with Gasteiger partial charge < -0.3 is 30.2 Å². The van der Waals surface area contributed by atoms with Gasteiger partial charge >= 0.3 is 0 Å². The van der Waals surface area contributed by atoms with Crippen molar-refractivity contribution in [3.8, 4) is 22.6 Å². The largest absolute Gasteiger partial charge is 0.497 e. The number of fused-ring (bicyclic) bond motifs is 1. The Labute approximate surface area is 341 Å². The fourth-order valence-electron chi connectivity index (χ4n) is 8.90. The molecule has 2 bridgehead atoms. The van der Waals surface area contributed by atoms with E-state index in [0.717, 1.165) is 97.3 Å². The standard InChI is InChI=1S/C47H52N8O3/c1-56-31-39-6-4-24-54(39)29-32-10-18-38(19-11-32)51-47-26-42(52-47)44(35-14-22-41(58-3)23-15-35)45(53-47)43-7-5-25-55(43)30-33-8-16-37(17-9-33)50-46-48-27-36(28-49-46)34-12-20-40(57-2)21-13-34/h8-23,27-28,39,43,51-52H,4-7,24-26,29-31H2,1-3H3,(H,48,49,50)/t39-,43?,47-/m0/s1. The van der Waals surface area contributed by atoms with Crippen molar-refractivity contribution in [1.29, 1.82) is 0 Å². The van der Waals surface area contributed by atoms with Gasteiger partial charge in [0.25, 0.3) is 0 Å². The van der Waals surface area contributed by atoms with Crippen LogP contribution in [-0.4, -0.2) is 84.4 Å². The maximum Gasteiger partial charge on any atom is 0.227 e. The normalized spacial score (nSPS) is 21.6. The van der Waals surface area contributed by atoms with Gasteiger partial charge in [0.05, 0.1) is 39.0 Å². The first kappa shape index (κ1) is 37.8. The Morgan fingerprint density at radius 3 is 1.91 bits per heavy atom. The molecule has 11 nitrogen and oxygen atoms in total. The third-order valence-electron chi connectivity index (χ3n) is 11.9. The van der Waals surface area contributed by atoms with Gasteiger partial charge in [-0.15, -0.1) is 0 Å². The van der Waals surface area contributed by atoms with Crippen LogP contribution in [0.5, 0.6) is 11.5 Å². The van der Waals surface area contributed by atoms with Crippen molar-refractivity contribution in [2.75, 3.05) is 51.7 Å². The molecule has 0 radical (unpaired) electrons. The van der Waals surface area contributed by atoms with E-state index in [2.05, 4.69) is 96.4 Å². The molecule has 3 fully saturated rings. The predicted octanol–water partition coefficient (Wildman–Crippen LogP) is 8.10. The van der Waals surface area contributed by atoms with Crippen LogP contribution in [0.1, 0.15) is 48.8 Å². The molecular formula is C47H52N8O3. The molecule has 3 saturated heterocycles. The number of nitrogens with zero attached hydrogens (tertiary/aromatic N) is 5. The number of aliphatic imine (C=N–C) groups is 1. The first-order chi connectivity index (χ1) is 28.5. The van der Waals surface area contributed by atoms with Crippen LogP contribution in [-0.2, 0) is 17.8 Å². The number of rotatable bonds is 15. The minimum Gasteiger partial charge on any atom is -0.497 e. The van der Waals surface area contributed by atoms with E-state index >= 15 is 0 Å². The van der Waals surface area contributed by atoms with Crippen LogP contribution in [0.4, 0.5) is 17.3 Å². The number of likely N-dealkylation sites (tertiary alicyclic amines) is 2. The smallest absolute Gasteiger partial charge is 0.227 e. The van der Waals surface area contributed by atoms with E-state index in [1.165, 1.54) is 35.2 Å². The second kappa shape index (κ2) is 16.6. The van der Waals surface area contributed by atoms with E-state index in [4.69, 9.17) is 19.2 Å². The molecule has 1 unspecified atom stereocenters. The van der Waals surface area contributed by atoms with Gasteiger partial charge in [-0.25, -0.2) is 15.0 Å². The molecule has 10 rings (SSSR count). The van der Waals surface area contributed by atoms with Crippen molar-refractivity contribution >= 4 is 28.6 Å². The third kappa shape index (κ3) is 8.02. The molecule has 5 aromatic rings. The molecule has 0 aliphatic carbocycles. The van der Waals surface area contributed by atoms with Crippen LogP contribution in [0.25, 0.3) is 16.7 Å². The van der Waals surface area contributed by atoms with Crippen LogP contribution in [0.3, 0.4) is 0 Å². The summed E-state index contributed by atoms with van der Waals surface area (Å²) in [7, 11) is 5.18. The van der Waals surface area contributed by atoms with Crippen molar-refractivity contribution in [2.45, 2.75) is 63.1 Å². The van der Waals surface area contributed by atoms with Crippen molar-refractivity contribution in [1.82, 2.24) is 25.1 Å². The highest BCUT2D eigenvalue weighted by Crippen LogP contribution is 2.44. The van der Waals surface area contributed by atoms with E-state index in [1.54, 1.807) is 21.3 Å². The number of ether oxygens (including phenoxy) is 3. The lowest BCUT2D eigenvalue weighted by atomic mass is 9.83. The Morgan fingerprint density at radius 2 is 1.28 bits per heavy atom. The van der Waals surface area contributed by atoms with E-state index in [9.17, 15) is 0 Å². The number of aromatic nitrogens is 2. The van der Waals surface area contributed by atoms with Gasteiger partial charge in [-0.1, -0.05) is 48.5 Å². The summed E-state index contributed by atoms with van der Waals surface area (Å²) in [5, 5.41) is 10.9. The lowest BCUT2D eigenvalue weighted by Gasteiger charge is -2.50. The summed E-state index contributed by atoms with van der Waals surface area (Å²) in [5.41, 5.74) is 11.3. The molecular weight excluding hydrogens is 725 g/mol. The Bertz CT molecular complexity index is 2230. The molecule has 6 heterocycles. The quantitative estimate of drug-likeness (QED) is 0.0966. The molecule has 58 heavy (non-hydrogen) atoms. The van der Waals surface area contributed by atoms with Crippen LogP contribution >= 0.6 is 0 Å². The summed E-state index contributed by atoms with van der Waals surface area (Å²) in [6, 6.07) is 34.5. The maximum absolute atomic E-state index is 5.59. The Balaban J connectivity index is 0.897. The lowest BCUT2D eigenvalue weighted by molar-refractivity contribution is 0.112. The minimum atomic E-state index is -0.572. The fraction of sp³-hybridized carbons (Fsp3) is 0.340. The predicted molar refractivity (Wildman–Crippen MR) is 230 cm³/mol. The van der Waals surface area contributed by atoms with Crippen molar-refractivity contribution in [2.24, 2.45) is 4.99 Å². The number of methoxy groups -OCH3 is 3. The number of hydrogen-bond acceptors (Lipinski definition) is 11. The van der Waals surface area contributed by atoms with Crippen molar-refractivity contribution in [3.05, 3.63) is 132 Å². The average molecular weight is 777 g/mol. The molecule has 5 aliphatic heterocycles. The fourth-order valence-corrected chi connectivity index (χ4v) is 8.90. The second-order valence-electron chi connectivity index (χ2n) is 15.8. The van der Waals surface area contributed by atoms with Crippen molar-refractivity contribution in [3.63, 3.8) is 0 Å². The highest BCUT2D eigenvalue weighted by atomic mass is 16.5. The maximum atomic E-state index is 5.59. The number of anilines is 3. The zero-order valence-electron chi connectivity index (χ0n) is 33.6. The van der Waals surface area contributed by atoms with Gasteiger partial charge in [-0.05, 0) is 110 Å². The molecule has 1 aromatic heterocycles. The summed E-state index contributed by atoms with van der Waals surface area (Å²) in [6.45, 7) is 4.72. The molecule has 3 atom stereocenters.